The number of thioether (sulfide) groups is 1. The Hall–Kier alpha value is -3.99. The number of amides is 3. The fourth-order valence-corrected chi connectivity index (χ4v) is 4.06. The zero-order valence-electron chi connectivity index (χ0n) is 16.5. The Morgan fingerprint density at radius 3 is 2.16 bits per heavy atom. The molecule has 3 rings (SSSR count). The largest absolute Gasteiger partial charge is 0.478 e. The van der Waals surface area contributed by atoms with Gasteiger partial charge in [0.05, 0.1) is 16.4 Å². The van der Waals surface area contributed by atoms with E-state index in [0.29, 0.717) is 4.90 Å². The first kappa shape index (κ1) is 22.7. The Labute approximate surface area is 185 Å². The third-order valence-corrected chi connectivity index (χ3v) is 5.88. The lowest BCUT2D eigenvalue weighted by atomic mass is 10.00. The van der Waals surface area contributed by atoms with Gasteiger partial charge in [-0.05, 0) is 42.5 Å². The summed E-state index contributed by atoms with van der Waals surface area (Å²) < 4.78 is 0. The molecule has 164 valence electrons. The second-order valence-electron chi connectivity index (χ2n) is 6.78. The van der Waals surface area contributed by atoms with E-state index in [1.807, 2.05) is 0 Å². The molecule has 1 atom stereocenters. The van der Waals surface area contributed by atoms with Gasteiger partial charge in [-0.25, -0.2) is 9.59 Å². The number of anilines is 1. The second kappa shape index (κ2) is 9.02. The van der Waals surface area contributed by atoms with Crippen LogP contribution in [0.2, 0.25) is 0 Å². The van der Waals surface area contributed by atoms with Gasteiger partial charge in [-0.15, -0.1) is 11.8 Å². The monoisotopic (exact) mass is 456 g/mol. The van der Waals surface area contributed by atoms with Crippen molar-refractivity contribution in [2.75, 3.05) is 12.4 Å². The second-order valence-corrected chi connectivity index (χ2v) is 8.06. The molecule has 1 aliphatic heterocycles. The van der Waals surface area contributed by atoms with Crippen LogP contribution < -0.4 is 5.32 Å². The number of Topliss-reactive ketones (excluding diaryl/α,β-unsaturated/α-hetero) is 1. The van der Waals surface area contributed by atoms with Crippen LogP contribution in [0.25, 0.3) is 0 Å². The number of rotatable bonds is 7. The summed E-state index contributed by atoms with van der Waals surface area (Å²) in [5.74, 6) is -5.70. The summed E-state index contributed by atoms with van der Waals surface area (Å²) in [6.45, 7) is 0. The van der Waals surface area contributed by atoms with Gasteiger partial charge >= 0.3 is 11.9 Å². The molecule has 0 saturated carbocycles. The van der Waals surface area contributed by atoms with Crippen molar-refractivity contribution in [3.05, 3.63) is 59.2 Å². The molecule has 3 N–H and O–H groups in total. The number of nitrogens with zero attached hydrogens (tertiary/aromatic N) is 1. The van der Waals surface area contributed by atoms with E-state index in [1.165, 1.54) is 30.9 Å². The van der Waals surface area contributed by atoms with Crippen LogP contribution in [0.15, 0.2) is 47.4 Å². The maximum atomic E-state index is 12.4. The highest BCUT2D eigenvalue weighted by molar-refractivity contribution is 8.00. The predicted octanol–water partition coefficient (Wildman–Crippen LogP) is 1.75. The minimum Gasteiger partial charge on any atom is -0.478 e. The number of likely N-dealkylation sites (tertiary alicyclic amines) is 1. The molecule has 1 saturated heterocycles. The fraction of sp³-hybridized carbons (Fsp3) is 0.143. The molecule has 2 aromatic rings. The number of nitrogens with one attached hydrogen (secondary N) is 1. The van der Waals surface area contributed by atoms with E-state index >= 15 is 0 Å². The molecule has 1 unspecified atom stereocenters. The molecule has 0 bridgehead atoms. The molecule has 11 heteroatoms. The highest BCUT2D eigenvalue weighted by Gasteiger charge is 2.36. The summed E-state index contributed by atoms with van der Waals surface area (Å²) >= 11 is 1.20. The van der Waals surface area contributed by atoms with Gasteiger partial charge < -0.3 is 15.5 Å². The number of benzene rings is 2. The lowest BCUT2D eigenvalue weighted by Crippen LogP contribution is -2.26. The molecular formula is C21H16N2O8S. The van der Waals surface area contributed by atoms with Crippen molar-refractivity contribution in [2.45, 2.75) is 16.6 Å². The van der Waals surface area contributed by atoms with Crippen molar-refractivity contribution >= 4 is 52.9 Å². The minimum atomic E-state index is -1.55. The van der Waals surface area contributed by atoms with Crippen LogP contribution >= 0.6 is 11.8 Å². The van der Waals surface area contributed by atoms with Crippen molar-refractivity contribution in [2.24, 2.45) is 0 Å². The third-order valence-electron chi connectivity index (χ3n) is 4.68. The van der Waals surface area contributed by atoms with E-state index in [9.17, 15) is 33.9 Å². The van der Waals surface area contributed by atoms with Crippen molar-refractivity contribution in [1.29, 1.82) is 0 Å². The maximum absolute atomic E-state index is 12.4. The van der Waals surface area contributed by atoms with Crippen LogP contribution in [-0.2, 0) is 14.4 Å². The first-order chi connectivity index (χ1) is 15.1. The molecule has 0 aliphatic carbocycles. The van der Waals surface area contributed by atoms with Crippen LogP contribution in [0.1, 0.15) is 37.5 Å². The average Bonchev–Trinajstić information content (AvgIpc) is 3.00. The Bertz CT molecular complexity index is 1160. The number of hydrogen-bond donors (Lipinski definition) is 3. The smallest absolute Gasteiger partial charge is 0.336 e. The summed E-state index contributed by atoms with van der Waals surface area (Å²) in [5, 5.41) is 20.1. The molecule has 32 heavy (non-hydrogen) atoms. The predicted molar refractivity (Wildman–Crippen MR) is 112 cm³/mol. The summed E-state index contributed by atoms with van der Waals surface area (Å²) in [5.41, 5.74) is -1.13. The lowest BCUT2D eigenvalue weighted by molar-refractivity contribution is -0.136. The summed E-state index contributed by atoms with van der Waals surface area (Å²) in [7, 11) is 1.42. The topological polar surface area (TPSA) is 158 Å². The molecule has 0 spiro atoms. The van der Waals surface area contributed by atoms with Crippen LogP contribution in [0.4, 0.5) is 5.69 Å². The minimum absolute atomic E-state index is 0.0968. The first-order valence-electron chi connectivity index (χ1n) is 9.12. The Morgan fingerprint density at radius 2 is 1.62 bits per heavy atom. The van der Waals surface area contributed by atoms with Gasteiger partial charge in [0, 0.05) is 29.6 Å². The molecule has 1 aliphatic rings. The lowest BCUT2D eigenvalue weighted by Gasteiger charge is -2.10. The molecule has 3 amide bonds. The van der Waals surface area contributed by atoms with Crippen LogP contribution in [0.5, 0.6) is 0 Å². The quantitative estimate of drug-likeness (QED) is 0.321. The van der Waals surface area contributed by atoms with Crippen molar-refractivity contribution < 1.29 is 39.0 Å². The van der Waals surface area contributed by atoms with Gasteiger partial charge in [-0.2, -0.15) is 0 Å². The van der Waals surface area contributed by atoms with Crippen molar-refractivity contribution in [3.63, 3.8) is 0 Å². The number of ketones is 1. The first-order valence-corrected chi connectivity index (χ1v) is 10.00. The molecule has 0 radical (unpaired) electrons. The number of aromatic carboxylic acids is 2. The van der Waals surface area contributed by atoms with Gasteiger partial charge in [-0.3, -0.25) is 24.1 Å². The van der Waals surface area contributed by atoms with E-state index in [4.69, 9.17) is 5.11 Å². The van der Waals surface area contributed by atoms with Gasteiger partial charge in [0.2, 0.25) is 11.8 Å². The van der Waals surface area contributed by atoms with Gasteiger partial charge in [0.15, 0.2) is 0 Å². The molecule has 0 aromatic heterocycles. The normalized spacial score (nSPS) is 15.5. The highest BCUT2D eigenvalue weighted by atomic mass is 32.2. The molecule has 2 aromatic carbocycles. The molecular weight excluding hydrogens is 440 g/mol. The van der Waals surface area contributed by atoms with Crippen molar-refractivity contribution in [3.8, 4) is 0 Å². The van der Waals surface area contributed by atoms with E-state index < -0.39 is 40.0 Å². The van der Waals surface area contributed by atoms with E-state index in [-0.39, 0.29) is 29.5 Å². The van der Waals surface area contributed by atoms with E-state index in [0.717, 1.165) is 23.1 Å². The molecule has 1 heterocycles. The number of carboxylic acid groups (broad SMARTS) is 2. The summed E-state index contributed by atoms with van der Waals surface area (Å²) in [6.07, 6.45) is 0.0968. The Morgan fingerprint density at radius 1 is 0.969 bits per heavy atom. The van der Waals surface area contributed by atoms with Gasteiger partial charge in [0.25, 0.3) is 11.7 Å². The van der Waals surface area contributed by atoms with Crippen LogP contribution in [0, 0.1) is 0 Å². The number of carboxylic acids is 2. The SMILES string of the molecule is CN1C(=O)CC(Sc2ccc(NC(=O)C(=O)c3ccc(C(=O)O)cc3C(=O)O)cc2)C1=O. The molecule has 1 fully saturated rings. The number of carbonyl (C=O) groups is 6. The number of carbonyl (C=O) groups excluding carboxylic acids is 4. The van der Waals surface area contributed by atoms with E-state index in [1.54, 1.807) is 12.1 Å². The Kier molecular flexibility index (Phi) is 6.40. The van der Waals surface area contributed by atoms with Crippen LogP contribution in [-0.4, -0.2) is 62.9 Å². The number of imide groups is 1. The summed E-state index contributed by atoms with van der Waals surface area (Å²) in [6, 6.07) is 9.01. The average molecular weight is 456 g/mol. The van der Waals surface area contributed by atoms with E-state index in [2.05, 4.69) is 5.32 Å². The highest BCUT2D eigenvalue weighted by Crippen LogP contribution is 2.31. The molecule has 10 nitrogen and oxygen atoms in total. The fourth-order valence-electron chi connectivity index (χ4n) is 2.96. The zero-order valence-corrected chi connectivity index (χ0v) is 17.3. The van der Waals surface area contributed by atoms with Gasteiger partial charge in [-0.1, -0.05) is 0 Å². The third kappa shape index (κ3) is 4.67. The standard InChI is InChI=1S/C21H16N2O8S/c1-23-16(24)9-15(19(23)27)32-12-5-3-11(4-6-12)22-18(26)17(25)13-7-2-10(20(28)29)8-14(13)21(30)31/h2-8,15H,9H2,1H3,(H,22,26)(H,28,29)(H,30,31). The summed E-state index contributed by atoms with van der Waals surface area (Å²) in [4.78, 5) is 72.5. The maximum Gasteiger partial charge on any atom is 0.336 e. The zero-order chi connectivity index (χ0) is 23.6. The van der Waals surface area contributed by atoms with Crippen molar-refractivity contribution in [1.82, 2.24) is 4.90 Å². The van der Waals surface area contributed by atoms with Gasteiger partial charge in [0.1, 0.15) is 0 Å². The van der Waals surface area contributed by atoms with Crippen LogP contribution in [0.3, 0.4) is 0 Å². The number of hydrogen-bond acceptors (Lipinski definition) is 7. The Balaban J connectivity index is 1.70.